The van der Waals surface area contributed by atoms with Crippen molar-refractivity contribution in [1.82, 2.24) is 16.0 Å². The fourth-order valence-corrected chi connectivity index (χ4v) is 8.90. The molecule has 1 fully saturated rings. The molecule has 0 aromatic heterocycles. The molecule has 0 spiro atoms. The van der Waals surface area contributed by atoms with Crippen LogP contribution in [0.5, 0.6) is 0 Å². The van der Waals surface area contributed by atoms with Crippen LogP contribution >= 0.6 is 11.8 Å². The fourth-order valence-electron chi connectivity index (χ4n) is 5.65. The zero-order chi connectivity index (χ0) is 34.4. The van der Waals surface area contributed by atoms with Gasteiger partial charge in [0.05, 0.1) is 23.1 Å². The normalized spacial score (nSPS) is 16.9. The Hall–Kier alpha value is -2.74. The van der Waals surface area contributed by atoms with E-state index in [0.717, 1.165) is 41.5 Å². The van der Waals surface area contributed by atoms with Gasteiger partial charge in [0, 0.05) is 24.9 Å². The van der Waals surface area contributed by atoms with Gasteiger partial charge in [0.2, 0.25) is 5.91 Å². The van der Waals surface area contributed by atoms with Gasteiger partial charge in [-0.15, -0.1) is 0 Å². The Balaban J connectivity index is 1.83. The number of benzene rings is 2. The molecule has 3 rings (SSSR count). The number of sulfone groups is 1. The van der Waals surface area contributed by atoms with E-state index in [2.05, 4.69) is 16.0 Å². The molecule has 2 amide bonds. The van der Waals surface area contributed by atoms with Crippen molar-refractivity contribution in [2.75, 3.05) is 23.8 Å². The molecule has 262 valence electrons. The number of carbonyl (C=O) groups excluding carboxylic acids is 2. The summed E-state index contributed by atoms with van der Waals surface area (Å²) in [6, 6.07) is 8.26. The Kier molecular flexibility index (Phi) is 15.9. The van der Waals surface area contributed by atoms with Crippen molar-refractivity contribution in [3.63, 3.8) is 0 Å². The first kappa shape index (κ1) is 38.7. The summed E-state index contributed by atoms with van der Waals surface area (Å²) >= 11 is 1.63. The smallest absolute Gasteiger partial charge is 0.408 e. The Labute approximate surface area is 281 Å². The molecule has 0 unspecified atom stereocenters. The maximum atomic E-state index is 14.1. The van der Waals surface area contributed by atoms with E-state index in [1.165, 1.54) is 0 Å². The minimum Gasteiger partial charge on any atom is -0.445 e. The molecule has 0 bridgehead atoms. The lowest BCUT2D eigenvalue weighted by atomic mass is 10.00. The summed E-state index contributed by atoms with van der Waals surface area (Å²) in [5, 5.41) is 18.9. The van der Waals surface area contributed by atoms with E-state index in [0.29, 0.717) is 44.4 Å². The number of aliphatic hydroxyl groups excluding tert-OH is 1. The van der Waals surface area contributed by atoms with E-state index in [1.54, 1.807) is 11.8 Å². The number of alkyl carbamates (subject to hydrolysis) is 1. The SMILES string of the molecule is CCCC(CCC)S(=O)(=O)C[C@H](NC(=O)O[C@H]1CCSC1)C(=O)N[C@@H](Cc1cc(F)cc(F)c1)[C@H](O)CNCc1cccc(CC)c1. The minimum atomic E-state index is -3.85. The highest BCUT2D eigenvalue weighted by molar-refractivity contribution is 7.99. The van der Waals surface area contributed by atoms with Crippen molar-refractivity contribution in [3.8, 4) is 0 Å². The van der Waals surface area contributed by atoms with Crippen molar-refractivity contribution in [3.05, 3.63) is 70.8 Å². The third kappa shape index (κ3) is 13.0. The average molecular weight is 698 g/mol. The van der Waals surface area contributed by atoms with Gasteiger partial charge in [-0.1, -0.05) is 57.9 Å². The van der Waals surface area contributed by atoms with Gasteiger partial charge in [0.1, 0.15) is 23.8 Å². The number of hydrogen-bond acceptors (Lipinski definition) is 8. The minimum absolute atomic E-state index is 0.00591. The number of nitrogens with one attached hydrogen (secondary N) is 3. The van der Waals surface area contributed by atoms with Crippen LogP contribution in [-0.4, -0.2) is 78.9 Å². The molecule has 4 atom stereocenters. The molecule has 2 aromatic rings. The molecule has 1 aliphatic heterocycles. The highest BCUT2D eigenvalue weighted by Crippen LogP contribution is 2.21. The molecule has 0 aliphatic carbocycles. The Bertz CT molecular complexity index is 1380. The molecule has 0 saturated carbocycles. The molecule has 1 heterocycles. The maximum absolute atomic E-state index is 14.1. The summed E-state index contributed by atoms with van der Waals surface area (Å²) in [6.07, 6.45) is 0.930. The first-order valence-corrected chi connectivity index (χ1v) is 19.3. The fraction of sp³-hybridized carbons (Fsp3) is 0.588. The van der Waals surface area contributed by atoms with Gasteiger partial charge in [-0.3, -0.25) is 4.79 Å². The topological polar surface area (TPSA) is 134 Å². The Morgan fingerprint density at radius 3 is 2.30 bits per heavy atom. The number of aliphatic hydroxyl groups is 1. The predicted octanol–water partition coefficient (Wildman–Crippen LogP) is 4.69. The number of halogens is 2. The molecule has 2 aromatic carbocycles. The quantitative estimate of drug-likeness (QED) is 0.166. The highest BCUT2D eigenvalue weighted by atomic mass is 32.2. The van der Waals surface area contributed by atoms with Gasteiger partial charge in [-0.05, 0) is 66.7 Å². The Morgan fingerprint density at radius 1 is 1.00 bits per heavy atom. The van der Waals surface area contributed by atoms with Gasteiger partial charge < -0.3 is 25.8 Å². The molecular formula is C34H49F2N3O6S2. The first-order chi connectivity index (χ1) is 22.4. The van der Waals surface area contributed by atoms with E-state index in [1.807, 2.05) is 45.0 Å². The van der Waals surface area contributed by atoms with Crippen LogP contribution in [-0.2, 0) is 38.8 Å². The first-order valence-electron chi connectivity index (χ1n) is 16.4. The number of carbonyl (C=O) groups is 2. The lowest BCUT2D eigenvalue weighted by Crippen LogP contribution is -2.57. The summed E-state index contributed by atoms with van der Waals surface area (Å²) in [6.45, 7) is 6.24. The average Bonchev–Trinajstić information content (AvgIpc) is 3.52. The second-order valence-electron chi connectivity index (χ2n) is 12.1. The van der Waals surface area contributed by atoms with Crippen LogP contribution in [0.3, 0.4) is 0 Å². The van der Waals surface area contributed by atoms with Gasteiger partial charge in [0.15, 0.2) is 9.84 Å². The van der Waals surface area contributed by atoms with E-state index in [-0.39, 0.29) is 24.6 Å². The van der Waals surface area contributed by atoms with Crippen LogP contribution in [0.15, 0.2) is 42.5 Å². The zero-order valence-corrected chi connectivity index (χ0v) is 29.1. The van der Waals surface area contributed by atoms with E-state index in [4.69, 9.17) is 4.74 Å². The summed E-state index contributed by atoms with van der Waals surface area (Å²) < 4.78 is 60.7. The highest BCUT2D eigenvalue weighted by Gasteiger charge is 2.35. The lowest BCUT2D eigenvalue weighted by Gasteiger charge is -2.28. The number of rotatable bonds is 19. The van der Waals surface area contributed by atoms with Crippen LogP contribution in [0.4, 0.5) is 13.6 Å². The van der Waals surface area contributed by atoms with Crippen molar-refractivity contribution in [2.45, 2.75) is 102 Å². The maximum Gasteiger partial charge on any atom is 0.408 e. The Morgan fingerprint density at radius 2 is 1.68 bits per heavy atom. The third-order valence-electron chi connectivity index (χ3n) is 8.15. The summed E-state index contributed by atoms with van der Waals surface area (Å²) in [4.78, 5) is 26.7. The van der Waals surface area contributed by atoms with Crippen LogP contribution < -0.4 is 16.0 Å². The summed E-state index contributed by atoms with van der Waals surface area (Å²) in [5.41, 5.74) is 2.33. The number of amides is 2. The number of ether oxygens (including phenoxy) is 1. The molecule has 1 aliphatic rings. The molecule has 1 saturated heterocycles. The van der Waals surface area contributed by atoms with E-state index >= 15 is 0 Å². The van der Waals surface area contributed by atoms with Crippen molar-refractivity contribution in [2.24, 2.45) is 0 Å². The largest absolute Gasteiger partial charge is 0.445 e. The predicted molar refractivity (Wildman–Crippen MR) is 182 cm³/mol. The van der Waals surface area contributed by atoms with Crippen LogP contribution in [0.2, 0.25) is 0 Å². The van der Waals surface area contributed by atoms with Gasteiger partial charge in [-0.2, -0.15) is 11.8 Å². The number of thioether (sulfide) groups is 1. The van der Waals surface area contributed by atoms with Gasteiger partial charge in [-0.25, -0.2) is 22.0 Å². The zero-order valence-electron chi connectivity index (χ0n) is 27.5. The van der Waals surface area contributed by atoms with Gasteiger partial charge >= 0.3 is 6.09 Å². The summed E-state index contributed by atoms with van der Waals surface area (Å²) in [7, 11) is -3.85. The summed E-state index contributed by atoms with van der Waals surface area (Å²) in [5.74, 6) is -1.72. The molecule has 9 nitrogen and oxygen atoms in total. The second-order valence-corrected chi connectivity index (χ2v) is 15.6. The monoisotopic (exact) mass is 697 g/mol. The number of hydrogen-bond donors (Lipinski definition) is 4. The van der Waals surface area contributed by atoms with Crippen molar-refractivity contribution < 1.29 is 36.6 Å². The van der Waals surface area contributed by atoms with Crippen LogP contribution in [0.25, 0.3) is 0 Å². The lowest BCUT2D eigenvalue weighted by molar-refractivity contribution is -0.124. The standard InChI is InChI=1S/C34H49F2N3O6S2/c1-4-8-29(9-5-2)47(43,44)22-31(39-34(42)45-28-12-13-46-21-28)33(41)38-30(17-25-15-26(35)18-27(36)16-25)32(40)20-37-19-24-11-7-10-23(6-3)14-24/h7,10-11,14-16,18,28-32,37,40H,4-6,8-9,12-13,17,19-22H2,1-3H3,(H,38,41)(H,39,42)/t28-,30-,31-,32+/m0/s1. The molecule has 13 heteroatoms. The molecule has 4 N–H and O–H groups in total. The van der Waals surface area contributed by atoms with Gasteiger partial charge in [0.25, 0.3) is 0 Å². The second kappa shape index (κ2) is 19.3. The molecular weight excluding hydrogens is 649 g/mol. The molecule has 47 heavy (non-hydrogen) atoms. The number of aryl methyl sites for hydroxylation is 1. The van der Waals surface area contributed by atoms with Crippen LogP contribution in [0, 0.1) is 11.6 Å². The van der Waals surface area contributed by atoms with E-state index in [9.17, 15) is 31.9 Å². The van der Waals surface area contributed by atoms with E-state index < -0.39 is 62.7 Å². The molecule has 0 radical (unpaired) electrons. The van der Waals surface area contributed by atoms with Crippen LogP contribution in [0.1, 0.15) is 69.6 Å². The van der Waals surface area contributed by atoms with Crippen molar-refractivity contribution in [1.29, 1.82) is 0 Å². The third-order valence-corrected chi connectivity index (χ3v) is 11.6. The van der Waals surface area contributed by atoms with Crippen molar-refractivity contribution >= 4 is 33.6 Å².